The van der Waals surface area contributed by atoms with Crippen LogP contribution in [0.1, 0.15) is 26.7 Å². The van der Waals surface area contributed by atoms with Gasteiger partial charge >= 0.3 is 8.88 Å². The molecule has 0 amide bonds. The summed E-state index contributed by atoms with van der Waals surface area (Å²) in [6.45, 7) is 5.64. The van der Waals surface area contributed by atoms with Crippen molar-refractivity contribution in [3.63, 3.8) is 0 Å². The number of nitrogens with one attached hydrogen (secondary N) is 2. The van der Waals surface area contributed by atoms with Gasteiger partial charge in [0.2, 0.25) is 0 Å². The molecule has 0 spiro atoms. The highest BCUT2D eigenvalue weighted by atomic mass is 28.4. The summed E-state index contributed by atoms with van der Waals surface area (Å²) in [5.41, 5.74) is 0. The number of rotatable bonds is 8. The first-order valence-electron chi connectivity index (χ1n) is 4.90. The topological polar surface area (TPSA) is 42.5 Å². The van der Waals surface area contributed by atoms with Crippen LogP contribution in [-0.4, -0.2) is 36.2 Å². The van der Waals surface area contributed by atoms with Gasteiger partial charge in [0.1, 0.15) is 0 Å². The van der Waals surface area contributed by atoms with Gasteiger partial charge in [0.25, 0.3) is 0 Å². The smallest absolute Gasteiger partial charge is 0.371 e. The summed E-state index contributed by atoms with van der Waals surface area (Å²) >= 11 is 0. The van der Waals surface area contributed by atoms with E-state index in [4.69, 9.17) is 8.85 Å². The molecule has 2 N–H and O–H groups in total. The van der Waals surface area contributed by atoms with Crippen LogP contribution in [-0.2, 0) is 8.85 Å². The molecule has 4 nitrogen and oxygen atoms in total. The van der Waals surface area contributed by atoms with Crippen molar-refractivity contribution in [1.29, 1.82) is 0 Å². The Morgan fingerprint density at radius 2 is 1.31 bits per heavy atom. The fourth-order valence-electron chi connectivity index (χ4n) is 0.947. The lowest BCUT2D eigenvalue weighted by molar-refractivity contribution is 0.150. The van der Waals surface area contributed by atoms with Gasteiger partial charge in [0.15, 0.2) is 0 Å². The van der Waals surface area contributed by atoms with E-state index in [1.807, 2.05) is 14.1 Å². The molecule has 0 aliphatic carbocycles. The summed E-state index contributed by atoms with van der Waals surface area (Å²) < 4.78 is 11.3. The van der Waals surface area contributed by atoms with Crippen molar-refractivity contribution in [2.75, 3.05) is 27.3 Å². The Morgan fingerprint density at radius 1 is 0.923 bits per heavy atom. The van der Waals surface area contributed by atoms with Gasteiger partial charge in [0, 0.05) is 13.2 Å². The van der Waals surface area contributed by atoms with Crippen LogP contribution >= 0.6 is 0 Å². The summed E-state index contributed by atoms with van der Waals surface area (Å²) in [4.78, 5) is 6.24. The third-order valence-corrected chi connectivity index (χ3v) is 4.21. The van der Waals surface area contributed by atoms with E-state index in [1.165, 1.54) is 0 Å². The first-order chi connectivity index (χ1) is 6.24. The Hall–Kier alpha value is 0.0569. The van der Waals surface area contributed by atoms with Crippen LogP contribution in [0.3, 0.4) is 0 Å². The predicted octanol–water partition coefficient (Wildman–Crippen LogP) is 0.714. The zero-order valence-corrected chi connectivity index (χ0v) is 10.1. The fraction of sp³-hybridized carbons (Fsp3) is 1.00. The first-order valence-corrected chi connectivity index (χ1v) is 6.72. The van der Waals surface area contributed by atoms with E-state index in [0.717, 1.165) is 26.1 Å². The molecule has 0 aliphatic rings. The van der Waals surface area contributed by atoms with Crippen LogP contribution in [0.15, 0.2) is 0 Å². The van der Waals surface area contributed by atoms with Crippen LogP contribution in [0, 0.1) is 0 Å². The van der Waals surface area contributed by atoms with Gasteiger partial charge in [-0.05, 0) is 26.9 Å². The maximum Gasteiger partial charge on any atom is 0.516 e. The third-order valence-electron chi connectivity index (χ3n) is 1.68. The largest absolute Gasteiger partial charge is 0.516 e. The summed E-state index contributed by atoms with van der Waals surface area (Å²) in [5.74, 6) is 0. The summed E-state index contributed by atoms with van der Waals surface area (Å²) in [7, 11) is 1.45. The lowest BCUT2D eigenvalue weighted by Gasteiger charge is -2.27. The van der Waals surface area contributed by atoms with Gasteiger partial charge in [-0.25, -0.2) is 0 Å². The second-order valence-corrected chi connectivity index (χ2v) is 5.62. The highest BCUT2D eigenvalue weighted by Gasteiger charge is 2.35. The van der Waals surface area contributed by atoms with Crippen LogP contribution in [0.2, 0.25) is 0 Å². The molecule has 0 bridgehead atoms. The molecule has 0 saturated heterocycles. The van der Waals surface area contributed by atoms with Gasteiger partial charge in [-0.3, -0.25) is 9.96 Å². The average molecular weight is 206 g/mol. The Balaban J connectivity index is 3.97. The van der Waals surface area contributed by atoms with Crippen molar-refractivity contribution in [3.8, 4) is 0 Å². The zero-order chi connectivity index (χ0) is 10.2. The molecular weight excluding hydrogens is 184 g/mol. The van der Waals surface area contributed by atoms with Crippen LogP contribution in [0.4, 0.5) is 0 Å². The minimum Gasteiger partial charge on any atom is -0.371 e. The summed E-state index contributed by atoms with van der Waals surface area (Å²) in [5, 5.41) is 0. The molecule has 80 valence electrons. The standard InChI is InChI=1S/C8H22N2O2Si/c1-5-7-11-13(9-3,10-4)12-8-6-2/h9-10H,5-8H2,1-4H3. The quantitative estimate of drug-likeness (QED) is 0.574. The maximum atomic E-state index is 5.67. The van der Waals surface area contributed by atoms with Gasteiger partial charge < -0.3 is 8.85 Å². The Labute approximate surface area is 82.4 Å². The van der Waals surface area contributed by atoms with Crippen molar-refractivity contribution >= 4 is 8.88 Å². The molecular formula is C8H22N2O2Si. The van der Waals surface area contributed by atoms with Gasteiger partial charge in [-0.2, -0.15) is 0 Å². The van der Waals surface area contributed by atoms with E-state index in [-0.39, 0.29) is 0 Å². The first kappa shape index (κ1) is 13.1. The summed E-state index contributed by atoms with van der Waals surface area (Å²) in [6, 6.07) is 0. The van der Waals surface area contributed by atoms with E-state index >= 15 is 0 Å². The summed E-state index contributed by atoms with van der Waals surface area (Å²) in [6.07, 6.45) is 2.02. The van der Waals surface area contributed by atoms with Crippen LogP contribution in [0.5, 0.6) is 0 Å². The Morgan fingerprint density at radius 3 is 1.54 bits per heavy atom. The van der Waals surface area contributed by atoms with Crippen molar-refractivity contribution < 1.29 is 8.85 Å². The van der Waals surface area contributed by atoms with Crippen molar-refractivity contribution in [3.05, 3.63) is 0 Å². The molecule has 0 heterocycles. The van der Waals surface area contributed by atoms with Crippen molar-refractivity contribution in [1.82, 2.24) is 9.96 Å². The van der Waals surface area contributed by atoms with Gasteiger partial charge in [0.05, 0.1) is 0 Å². The minimum atomic E-state index is -2.29. The molecule has 0 radical (unpaired) electrons. The van der Waals surface area contributed by atoms with E-state index in [2.05, 4.69) is 23.8 Å². The number of hydrogen-bond donors (Lipinski definition) is 2. The molecule has 0 aromatic heterocycles. The SMILES string of the molecule is CCCO[Si](NC)(NC)OCCC. The molecule has 0 unspecified atom stereocenters. The second-order valence-electron chi connectivity index (χ2n) is 2.81. The van der Waals surface area contributed by atoms with Crippen molar-refractivity contribution in [2.24, 2.45) is 0 Å². The third kappa shape index (κ3) is 4.73. The van der Waals surface area contributed by atoms with Crippen LogP contribution < -0.4 is 9.96 Å². The van der Waals surface area contributed by atoms with E-state index in [0.29, 0.717) is 0 Å². The van der Waals surface area contributed by atoms with E-state index < -0.39 is 8.88 Å². The molecule has 0 aliphatic heterocycles. The van der Waals surface area contributed by atoms with Crippen molar-refractivity contribution in [2.45, 2.75) is 26.7 Å². The van der Waals surface area contributed by atoms with E-state index in [1.54, 1.807) is 0 Å². The van der Waals surface area contributed by atoms with E-state index in [9.17, 15) is 0 Å². The predicted molar refractivity (Wildman–Crippen MR) is 56.4 cm³/mol. The number of hydrogen-bond acceptors (Lipinski definition) is 4. The molecule has 0 atom stereocenters. The molecule has 0 saturated carbocycles. The molecule has 13 heavy (non-hydrogen) atoms. The minimum absolute atomic E-state index is 0.734. The highest BCUT2D eigenvalue weighted by molar-refractivity contribution is 6.61. The lowest BCUT2D eigenvalue weighted by atomic mass is 10.5. The average Bonchev–Trinajstić information content (AvgIpc) is 2.20. The molecule has 0 rings (SSSR count). The van der Waals surface area contributed by atoms with Gasteiger partial charge in [-0.1, -0.05) is 13.8 Å². The Bertz CT molecular complexity index is 111. The molecule has 5 heteroatoms. The second kappa shape index (κ2) is 7.46. The highest BCUT2D eigenvalue weighted by Crippen LogP contribution is 2.00. The maximum absolute atomic E-state index is 5.67. The fourth-order valence-corrected chi connectivity index (χ4v) is 2.84. The van der Waals surface area contributed by atoms with Crippen LogP contribution in [0.25, 0.3) is 0 Å². The molecule has 0 aromatic rings. The Kier molecular flexibility index (Phi) is 7.49. The normalized spacial score (nSPS) is 12.0. The molecule has 0 aromatic carbocycles. The van der Waals surface area contributed by atoms with Gasteiger partial charge in [-0.15, -0.1) is 0 Å². The lowest BCUT2D eigenvalue weighted by Crippen LogP contribution is -2.65. The molecule has 0 fully saturated rings. The monoisotopic (exact) mass is 206 g/mol. The zero-order valence-electron chi connectivity index (χ0n) is 9.14.